The zero-order chi connectivity index (χ0) is 13.1. The highest BCUT2D eigenvalue weighted by molar-refractivity contribution is 7.20. The molecule has 0 amide bonds. The molecule has 0 fully saturated rings. The van der Waals surface area contributed by atoms with E-state index in [0.717, 1.165) is 14.2 Å². The van der Waals surface area contributed by atoms with Crippen LogP contribution in [-0.4, -0.2) is 4.98 Å². The predicted molar refractivity (Wildman–Crippen MR) is 78.5 cm³/mol. The highest BCUT2D eigenvalue weighted by Crippen LogP contribution is 2.35. The molecule has 0 radical (unpaired) electrons. The molecule has 2 aromatic heterocycles. The highest BCUT2D eigenvalue weighted by Gasteiger charge is 2.16. The Kier molecular flexibility index (Phi) is 4.62. The molecule has 0 saturated carbocycles. The number of aromatic nitrogens is 1. The molecule has 1 unspecified atom stereocenters. The Labute approximate surface area is 121 Å². The minimum atomic E-state index is 0.157. The van der Waals surface area contributed by atoms with Gasteiger partial charge in [-0.3, -0.25) is 4.98 Å². The molecule has 2 heterocycles. The molecule has 0 aliphatic rings. The summed E-state index contributed by atoms with van der Waals surface area (Å²) in [6.45, 7) is 4.20. The van der Waals surface area contributed by atoms with E-state index in [4.69, 9.17) is 23.2 Å². The normalized spacial score (nSPS) is 14.4. The lowest BCUT2D eigenvalue weighted by Crippen LogP contribution is -2.22. The molecule has 1 N–H and O–H groups in total. The third kappa shape index (κ3) is 3.23. The minimum Gasteiger partial charge on any atom is -0.304 e. The molecule has 0 aliphatic heterocycles. The van der Waals surface area contributed by atoms with Gasteiger partial charge in [-0.15, -0.1) is 11.3 Å². The molecule has 96 valence electrons. The second kappa shape index (κ2) is 6.02. The van der Waals surface area contributed by atoms with Gasteiger partial charge in [0.2, 0.25) is 0 Å². The van der Waals surface area contributed by atoms with Crippen LogP contribution >= 0.6 is 34.5 Å². The van der Waals surface area contributed by atoms with Crippen molar-refractivity contribution in [3.8, 4) is 0 Å². The van der Waals surface area contributed by atoms with Crippen molar-refractivity contribution in [1.82, 2.24) is 10.3 Å². The van der Waals surface area contributed by atoms with Gasteiger partial charge in [0.15, 0.2) is 0 Å². The van der Waals surface area contributed by atoms with Crippen molar-refractivity contribution in [3.05, 3.63) is 50.4 Å². The number of nitrogens with one attached hydrogen (secondary N) is 1. The maximum atomic E-state index is 6.15. The van der Waals surface area contributed by atoms with Crippen LogP contribution in [0.1, 0.15) is 37.1 Å². The van der Waals surface area contributed by atoms with Crippen LogP contribution in [0.5, 0.6) is 0 Å². The van der Waals surface area contributed by atoms with Crippen molar-refractivity contribution < 1.29 is 0 Å². The van der Waals surface area contributed by atoms with Crippen LogP contribution in [0.15, 0.2) is 30.6 Å². The van der Waals surface area contributed by atoms with Gasteiger partial charge in [0.25, 0.3) is 0 Å². The number of thiophene rings is 1. The Hall–Kier alpha value is -0.610. The smallest absolute Gasteiger partial charge is 0.0991 e. The number of hydrogen-bond acceptors (Lipinski definition) is 3. The molecule has 2 atom stereocenters. The lowest BCUT2D eigenvalue weighted by Gasteiger charge is -2.20. The van der Waals surface area contributed by atoms with Crippen LogP contribution in [0, 0.1) is 0 Å². The third-order valence-electron chi connectivity index (χ3n) is 2.86. The fraction of sp³-hybridized carbons (Fsp3) is 0.308. The van der Waals surface area contributed by atoms with Crippen LogP contribution in [0.25, 0.3) is 0 Å². The largest absolute Gasteiger partial charge is 0.304 e. The molecular weight excluding hydrogens is 287 g/mol. The summed E-state index contributed by atoms with van der Waals surface area (Å²) in [5.41, 5.74) is 2.25. The molecular formula is C13H14Cl2N2S. The topological polar surface area (TPSA) is 24.9 Å². The van der Waals surface area contributed by atoms with E-state index in [1.54, 1.807) is 12.4 Å². The van der Waals surface area contributed by atoms with E-state index in [9.17, 15) is 0 Å². The van der Waals surface area contributed by atoms with Gasteiger partial charge < -0.3 is 5.32 Å². The molecule has 0 aromatic carbocycles. The SMILES string of the molecule is CC(N[C@H](C)c1ccncc1)c1cc(Cl)sc1Cl. The van der Waals surface area contributed by atoms with E-state index < -0.39 is 0 Å². The summed E-state index contributed by atoms with van der Waals surface area (Å²) in [6.07, 6.45) is 3.60. The first-order valence-corrected chi connectivity index (χ1v) is 7.26. The lowest BCUT2D eigenvalue weighted by molar-refractivity contribution is 0.495. The average Bonchev–Trinajstić information content (AvgIpc) is 2.69. The van der Waals surface area contributed by atoms with Gasteiger partial charge >= 0.3 is 0 Å². The Balaban J connectivity index is 2.08. The molecule has 5 heteroatoms. The van der Waals surface area contributed by atoms with Crippen molar-refractivity contribution in [2.75, 3.05) is 0 Å². The van der Waals surface area contributed by atoms with E-state index in [1.165, 1.54) is 16.9 Å². The van der Waals surface area contributed by atoms with Gasteiger partial charge in [-0.05, 0) is 43.2 Å². The first-order valence-electron chi connectivity index (χ1n) is 5.68. The van der Waals surface area contributed by atoms with Gasteiger partial charge in [0.05, 0.1) is 8.67 Å². The molecule has 0 bridgehead atoms. The highest BCUT2D eigenvalue weighted by atomic mass is 35.5. The third-order valence-corrected chi connectivity index (χ3v) is 4.37. The number of rotatable bonds is 4. The summed E-state index contributed by atoms with van der Waals surface area (Å²) in [6, 6.07) is 6.33. The number of pyridine rings is 1. The number of hydrogen-bond donors (Lipinski definition) is 1. The van der Waals surface area contributed by atoms with Crippen LogP contribution in [0.4, 0.5) is 0 Å². The molecule has 0 aliphatic carbocycles. The van der Waals surface area contributed by atoms with Crippen molar-refractivity contribution in [1.29, 1.82) is 0 Å². The first kappa shape index (κ1) is 13.8. The predicted octanol–water partition coefficient (Wildman–Crippen LogP) is 4.86. The van der Waals surface area contributed by atoms with Gasteiger partial charge in [-0.1, -0.05) is 23.2 Å². The van der Waals surface area contributed by atoms with Crippen LogP contribution < -0.4 is 5.32 Å². The van der Waals surface area contributed by atoms with Crippen LogP contribution in [0.3, 0.4) is 0 Å². The lowest BCUT2D eigenvalue weighted by atomic mass is 10.1. The zero-order valence-electron chi connectivity index (χ0n) is 10.2. The molecule has 2 nitrogen and oxygen atoms in total. The molecule has 2 aromatic rings. The second-order valence-electron chi connectivity index (χ2n) is 4.17. The van der Waals surface area contributed by atoms with E-state index in [-0.39, 0.29) is 12.1 Å². The van der Waals surface area contributed by atoms with Gasteiger partial charge in [-0.2, -0.15) is 0 Å². The fourth-order valence-corrected chi connectivity index (χ4v) is 3.51. The van der Waals surface area contributed by atoms with Crippen molar-refractivity contribution in [2.45, 2.75) is 25.9 Å². The van der Waals surface area contributed by atoms with E-state index in [0.29, 0.717) is 0 Å². The summed E-state index contributed by atoms with van der Waals surface area (Å²) in [5, 5.41) is 3.50. The minimum absolute atomic E-state index is 0.157. The monoisotopic (exact) mass is 300 g/mol. The van der Waals surface area contributed by atoms with Crippen molar-refractivity contribution >= 4 is 34.5 Å². The molecule has 0 spiro atoms. The maximum Gasteiger partial charge on any atom is 0.0991 e. The van der Waals surface area contributed by atoms with E-state index in [2.05, 4.69) is 24.1 Å². The number of halogens is 2. The Bertz CT molecular complexity index is 513. The van der Waals surface area contributed by atoms with Gasteiger partial charge in [-0.25, -0.2) is 0 Å². The summed E-state index contributed by atoms with van der Waals surface area (Å²) >= 11 is 13.5. The molecule has 0 saturated heterocycles. The summed E-state index contributed by atoms with van der Waals surface area (Å²) in [5.74, 6) is 0. The Morgan fingerprint density at radius 3 is 2.39 bits per heavy atom. The number of nitrogens with zero attached hydrogens (tertiary/aromatic N) is 1. The van der Waals surface area contributed by atoms with Gasteiger partial charge in [0.1, 0.15) is 0 Å². The first-order chi connectivity index (χ1) is 8.58. The quantitative estimate of drug-likeness (QED) is 0.872. The summed E-state index contributed by atoms with van der Waals surface area (Å²) in [4.78, 5) is 4.02. The van der Waals surface area contributed by atoms with E-state index >= 15 is 0 Å². The maximum absolute atomic E-state index is 6.15. The summed E-state index contributed by atoms with van der Waals surface area (Å²) in [7, 11) is 0. The molecule has 18 heavy (non-hydrogen) atoms. The van der Waals surface area contributed by atoms with E-state index in [1.807, 2.05) is 18.2 Å². The fourth-order valence-electron chi connectivity index (χ4n) is 1.86. The van der Waals surface area contributed by atoms with Gasteiger partial charge in [0, 0.05) is 24.5 Å². The van der Waals surface area contributed by atoms with Crippen molar-refractivity contribution in [3.63, 3.8) is 0 Å². The zero-order valence-corrected chi connectivity index (χ0v) is 12.5. The Morgan fingerprint density at radius 1 is 1.17 bits per heavy atom. The summed E-state index contributed by atoms with van der Waals surface area (Å²) < 4.78 is 1.47. The molecule has 2 rings (SSSR count). The van der Waals surface area contributed by atoms with Crippen LogP contribution in [-0.2, 0) is 0 Å². The Morgan fingerprint density at radius 2 is 1.83 bits per heavy atom. The average molecular weight is 301 g/mol. The standard InChI is InChI=1S/C13H14Cl2N2S/c1-8(10-3-5-16-6-4-10)17-9(2)11-7-12(14)18-13(11)15/h3-9,17H,1-2H3/t8-,9?/m1/s1. The van der Waals surface area contributed by atoms with Crippen molar-refractivity contribution in [2.24, 2.45) is 0 Å². The van der Waals surface area contributed by atoms with Crippen LogP contribution in [0.2, 0.25) is 8.67 Å². The second-order valence-corrected chi connectivity index (χ2v) is 6.46.